The Balaban J connectivity index is 2.14. The highest BCUT2D eigenvalue weighted by atomic mass is 16.5. The van der Waals surface area contributed by atoms with Crippen LogP contribution in [0.25, 0.3) is 0 Å². The maximum absolute atomic E-state index is 5.22. The SMILES string of the molecule is COc1cccc(CN2CC(C)NCC2C(C)(C)C)n1. The number of pyridine rings is 1. The van der Waals surface area contributed by atoms with Gasteiger partial charge in [0.15, 0.2) is 0 Å². The summed E-state index contributed by atoms with van der Waals surface area (Å²) in [5.74, 6) is 0.693. The van der Waals surface area contributed by atoms with Crippen molar-refractivity contribution in [1.82, 2.24) is 15.2 Å². The lowest BCUT2D eigenvalue weighted by atomic mass is 9.84. The van der Waals surface area contributed by atoms with Crippen LogP contribution in [0.2, 0.25) is 0 Å². The minimum atomic E-state index is 0.256. The number of piperazine rings is 1. The van der Waals surface area contributed by atoms with E-state index in [1.165, 1.54) is 0 Å². The Morgan fingerprint density at radius 1 is 1.40 bits per heavy atom. The van der Waals surface area contributed by atoms with Crippen LogP contribution in [-0.4, -0.2) is 42.2 Å². The zero-order valence-corrected chi connectivity index (χ0v) is 13.3. The van der Waals surface area contributed by atoms with E-state index in [0.717, 1.165) is 25.3 Å². The van der Waals surface area contributed by atoms with Crippen molar-refractivity contribution in [3.8, 4) is 5.88 Å². The van der Waals surface area contributed by atoms with E-state index in [4.69, 9.17) is 4.74 Å². The third kappa shape index (κ3) is 3.70. The molecule has 1 N–H and O–H groups in total. The molecule has 1 saturated heterocycles. The van der Waals surface area contributed by atoms with Crippen molar-refractivity contribution in [2.75, 3.05) is 20.2 Å². The summed E-state index contributed by atoms with van der Waals surface area (Å²) in [5, 5.41) is 3.59. The highest BCUT2D eigenvalue weighted by Gasteiger charge is 2.34. The van der Waals surface area contributed by atoms with Gasteiger partial charge in [0.1, 0.15) is 0 Å². The van der Waals surface area contributed by atoms with E-state index in [9.17, 15) is 0 Å². The summed E-state index contributed by atoms with van der Waals surface area (Å²) in [4.78, 5) is 7.09. The van der Waals surface area contributed by atoms with Crippen LogP contribution in [0, 0.1) is 5.41 Å². The Kier molecular flexibility index (Phi) is 4.66. The van der Waals surface area contributed by atoms with E-state index < -0.39 is 0 Å². The fraction of sp³-hybridized carbons (Fsp3) is 0.688. The molecule has 0 aliphatic carbocycles. The third-order valence-corrected chi connectivity index (χ3v) is 3.96. The number of aromatic nitrogens is 1. The standard InChI is InChI=1S/C16H27N3O/c1-12-10-19(14(9-17-12)16(2,3)4)11-13-7-6-8-15(18-13)20-5/h6-8,12,14,17H,9-11H2,1-5H3. The maximum Gasteiger partial charge on any atom is 0.213 e. The fourth-order valence-corrected chi connectivity index (χ4v) is 2.88. The van der Waals surface area contributed by atoms with E-state index in [1.54, 1.807) is 7.11 Å². The number of methoxy groups -OCH3 is 1. The lowest BCUT2D eigenvalue weighted by Crippen LogP contribution is -2.59. The molecule has 4 heteroatoms. The van der Waals surface area contributed by atoms with Crippen molar-refractivity contribution < 1.29 is 4.74 Å². The molecule has 1 fully saturated rings. The Labute approximate surface area is 122 Å². The van der Waals surface area contributed by atoms with Crippen LogP contribution in [0.15, 0.2) is 18.2 Å². The Morgan fingerprint density at radius 3 is 2.80 bits per heavy atom. The van der Waals surface area contributed by atoms with E-state index in [2.05, 4.69) is 49.0 Å². The van der Waals surface area contributed by atoms with Crippen molar-refractivity contribution in [3.05, 3.63) is 23.9 Å². The predicted molar refractivity (Wildman–Crippen MR) is 81.9 cm³/mol. The first-order valence-corrected chi connectivity index (χ1v) is 7.37. The topological polar surface area (TPSA) is 37.4 Å². The molecule has 0 radical (unpaired) electrons. The number of hydrogen-bond donors (Lipinski definition) is 1. The molecule has 0 bridgehead atoms. The summed E-state index contributed by atoms with van der Waals surface area (Å²) in [6.45, 7) is 12.1. The van der Waals surface area contributed by atoms with E-state index >= 15 is 0 Å². The lowest BCUT2D eigenvalue weighted by molar-refractivity contribution is 0.0515. The first-order valence-electron chi connectivity index (χ1n) is 7.37. The molecular weight excluding hydrogens is 250 g/mol. The third-order valence-electron chi connectivity index (χ3n) is 3.96. The largest absolute Gasteiger partial charge is 0.481 e. The number of nitrogens with one attached hydrogen (secondary N) is 1. The van der Waals surface area contributed by atoms with Gasteiger partial charge in [-0.1, -0.05) is 26.8 Å². The number of hydrogen-bond acceptors (Lipinski definition) is 4. The minimum absolute atomic E-state index is 0.256. The van der Waals surface area contributed by atoms with Crippen molar-refractivity contribution in [2.45, 2.75) is 46.3 Å². The smallest absolute Gasteiger partial charge is 0.213 e. The summed E-state index contributed by atoms with van der Waals surface area (Å²) in [6.07, 6.45) is 0. The molecule has 1 aromatic heterocycles. The van der Waals surface area contributed by atoms with Crippen LogP contribution >= 0.6 is 0 Å². The quantitative estimate of drug-likeness (QED) is 0.920. The maximum atomic E-state index is 5.22. The van der Waals surface area contributed by atoms with Crippen molar-refractivity contribution in [1.29, 1.82) is 0 Å². The molecule has 112 valence electrons. The van der Waals surface area contributed by atoms with Gasteiger partial charge < -0.3 is 10.1 Å². The molecule has 0 aromatic carbocycles. The summed E-state index contributed by atoms with van der Waals surface area (Å²) >= 11 is 0. The van der Waals surface area contributed by atoms with Crippen LogP contribution in [0.4, 0.5) is 0 Å². The lowest BCUT2D eigenvalue weighted by Gasteiger charge is -2.45. The number of nitrogens with zero attached hydrogens (tertiary/aromatic N) is 2. The van der Waals surface area contributed by atoms with Gasteiger partial charge in [-0.15, -0.1) is 0 Å². The normalized spacial score (nSPS) is 24.6. The first-order chi connectivity index (χ1) is 9.40. The number of rotatable bonds is 3. The van der Waals surface area contributed by atoms with Gasteiger partial charge in [0.2, 0.25) is 5.88 Å². The average Bonchev–Trinajstić information content (AvgIpc) is 2.37. The van der Waals surface area contributed by atoms with Gasteiger partial charge >= 0.3 is 0 Å². The summed E-state index contributed by atoms with van der Waals surface area (Å²) in [6, 6.07) is 7.03. The Hall–Kier alpha value is -1.13. The molecule has 1 aliphatic heterocycles. The van der Waals surface area contributed by atoms with Gasteiger partial charge in [0, 0.05) is 37.8 Å². The summed E-state index contributed by atoms with van der Waals surface area (Å²) in [7, 11) is 1.66. The van der Waals surface area contributed by atoms with E-state index in [1.807, 2.05) is 12.1 Å². The minimum Gasteiger partial charge on any atom is -0.481 e. The zero-order valence-electron chi connectivity index (χ0n) is 13.3. The summed E-state index contributed by atoms with van der Waals surface area (Å²) < 4.78 is 5.22. The Bertz CT molecular complexity index is 442. The molecule has 2 rings (SSSR count). The first kappa shape index (κ1) is 15.3. The zero-order chi connectivity index (χ0) is 14.8. The van der Waals surface area contributed by atoms with Gasteiger partial charge in [-0.3, -0.25) is 4.90 Å². The highest BCUT2D eigenvalue weighted by Crippen LogP contribution is 2.27. The van der Waals surface area contributed by atoms with Gasteiger partial charge in [-0.2, -0.15) is 0 Å². The van der Waals surface area contributed by atoms with E-state index in [0.29, 0.717) is 18.0 Å². The van der Waals surface area contributed by atoms with Crippen LogP contribution in [-0.2, 0) is 6.54 Å². The molecule has 20 heavy (non-hydrogen) atoms. The van der Waals surface area contributed by atoms with Crippen LogP contribution in [0.3, 0.4) is 0 Å². The highest BCUT2D eigenvalue weighted by molar-refractivity contribution is 5.16. The van der Waals surface area contributed by atoms with Gasteiger partial charge in [0.05, 0.1) is 12.8 Å². The van der Waals surface area contributed by atoms with E-state index in [-0.39, 0.29) is 5.41 Å². The fourth-order valence-electron chi connectivity index (χ4n) is 2.88. The molecule has 0 spiro atoms. The second-order valence-electron chi connectivity index (χ2n) is 6.79. The van der Waals surface area contributed by atoms with Crippen LogP contribution < -0.4 is 10.1 Å². The molecule has 1 aliphatic rings. The second kappa shape index (κ2) is 6.10. The van der Waals surface area contributed by atoms with Gasteiger partial charge in [-0.25, -0.2) is 4.98 Å². The molecule has 1 aromatic rings. The monoisotopic (exact) mass is 277 g/mol. The van der Waals surface area contributed by atoms with Gasteiger partial charge in [-0.05, 0) is 18.4 Å². The van der Waals surface area contributed by atoms with Crippen LogP contribution in [0.1, 0.15) is 33.4 Å². The van der Waals surface area contributed by atoms with Crippen molar-refractivity contribution in [2.24, 2.45) is 5.41 Å². The van der Waals surface area contributed by atoms with Crippen molar-refractivity contribution in [3.63, 3.8) is 0 Å². The predicted octanol–water partition coefficient (Wildman–Crippen LogP) is 2.30. The van der Waals surface area contributed by atoms with Crippen LogP contribution in [0.5, 0.6) is 5.88 Å². The molecule has 4 nitrogen and oxygen atoms in total. The second-order valence-corrected chi connectivity index (χ2v) is 6.79. The molecule has 0 amide bonds. The molecule has 2 heterocycles. The molecule has 0 saturated carbocycles. The molecular formula is C16H27N3O. The molecule has 2 unspecified atom stereocenters. The summed E-state index contributed by atoms with van der Waals surface area (Å²) in [5.41, 5.74) is 1.33. The Morgan fingerprint density at radius 2 is 2.15 bits per heavy atom. The molecule has 2 atom stereocenters. The average molecular weight is 277 g/mol. The van der Waals surface area contributed by atoms with Crippen molar-refractivity contribution >= 4 is 0 Å². The number of ether oxygens (including phenoxy) is 1. The van der Waals surface area contributed by atoms with Gasteiger partial charge in [0.25, 0.3) is 0 Å².